The first-order valence-electron chi connectivity index (χ1n) is 3.67. The molecule has 0 amide bonds. The van der Waals surface area contributed by atoms with Crippen LogP contribution in [0.4, 0.5) is 0 Å². The van der Waals surface area contributed by atoms with E-state index in [1.807, 2.05) is 6.92 Å². The Labute approximate surface area is 76.7 Å². The summed E-state index contributed by atoms with van der Waals surface area (Å²) in [4.78, 5) is 2.25. The van der Waals surface area contributed by atoms with E-state index in [4.69, 9.17) is 5.11 Å². The van der Waals surface area contributed by atoms with Gasteiger partial charge in [0, 0.05) is 17.5 Å². The highest BCUT2D eigenvalue weighted by molar-refractivity contribution is 14.1. The molecule has 0 aliphatic rings. The van der Waals surface area contributed by atoms with Gasteiger partial charge in [-0.25, -0.2) is 0 Å². The van der Waals surface area contributed by atoms with Gasteiger partial charge in [-0.05, 0) is 13.5 Å². The second kappa shape index (κ2) is 6.37. The predicted molar refractivity (Wildman–Crippen MR) is 52.7 cm³/mol. The lowest BCUT2D eigenvalue weighted by atomic mass is 10.3. The molecule has 0 fully saturated rings. The van der Waals surface area contributed by atoms with Gasteiger partial charge in [0.15, 0.2) is 0 Å². The zero-order valence-corrected chi connectivity index (χ0v) is 8.84. The number of nitrogens with zero attached hydrogens (tertiary/aromatic N) is 1. The van der Waals surface area contributed by atoms with E-state index in [0.717, 1.165) is 24.1 Å². The van der Waals surface area contributed by atoms with Crippen molar-refractivity contribution in [1.82, 2.24) is 4.90 Å². The highest BCUT2D eigenvalue weighted by atomic mass is 127. The summed E-state index contributed by atoms with van der Waals surface area (Å²) >= 11 is 2.35. The Hall–Kier alpha value is 0.650. The van der Waals surface area contributed by atoms with Crippen molar-refractivity contribution in [2.24, 2.45) is 0 Å². The van der Waals surface area contributed by atoms with Crippen LogP contribution in [0.15, 0.2) is 0 Å². The summed E-state index contributed by atoms with van der Waals surface area (Å²) in [5, 5.41) is 9.04. The molecule has 0 aromatic rings. The lowest BCUT2D eigenvalue weighted by Crippen LogP contribution is -2.32. The highest BCUT2D eigenvalue weighted by Gasteiger charge is 2.03. The Balaban J connectivity index is 3.39. The Kier molecular flexibility index (Phi) is 6.78. The van der Waals surface area contributed by atoms with E-state index >= 15 is 0 Å². The Morgan fingerprint density at radius 2 is 2.20 bits per heavy atom. The van der Waals surface area contributed by atoms with Gasteiger partial charge in [-0.2, -0.15) is 0 Å². The van der Waals surface area contributed by atoms with Gasteiger partial charge in [-0.1, -0.05) is 29.5 Å². The van der Waals surface area contributed by atoms with Crippen molar-refractivity contribution in [2.45, 2.75) is 20.0 Å². The molecule has 1 atom stereocenters. The highest BCUT2D eigenvalue weighted by Crippen LogP contribution is 1.93. The molecule has 3 heteroatoms. The average molecular weight is 257 g/mol. The summed E-state index contributed by atoms with van der Waals surface area (Å²) in [7, 11) is 0. The maximum Gasteiger partial charge on any atom is 0.0639 e. The van der Waals surface area contributed by atoms with E-state index in [0.29, 0.717) is 0 Å². The molecule has 0 saturated carbocycles. The van der Waals surface area contributed by atoms with Gasteiger partial charge in [-0.15, -0.1) is 0 Å². The third kappa shape index (κ3) is 5.44. The summed E-state index contributed by atoms with van der Waals surface area (Å²) in [5.74, 6) is 0. The van der Waals surface area contributed by atoms with Gasteiger partial charge < -0.3 is 10.0 Å². The largest absolute Gasteiger partial charge is 0.392 e. The quantitative estimate of drug-likeness (QED) is 0.589. The number of rotatable bonds is 5. The van der Waals surface area contributed by atoms with Crippen LogP contribution in [0.1, 0.15) is 13.8 Å². The van der Waals surface area contributed by atoms with Crippen LogP contribution in [0, 0.1) is 0 Å². The van der Waals surface area contributed by atoms with Crippen molar-refractivity contribution in [3.05, 3.63) is 0 Å². The van der Waals surface area contributed by atoms with Crippen LogP contribution < -0.4 is 0 Å². The van der Waals surface area contributed by atoms with Crippen molar-refractivity contribution in [3.8, 4) is 0 Å². The normalized spacial score (nSPS) is 14.1. The fourth-order valence-electron chi connectivity index (χ4n) is 0.872. The molecule has 0 radical (unpaired) electrons. The number of hydrogen-bond donors (Lipinski definition) is 1. The maximum atomic E-state index is 9.04. The first-order chi connectivity index (χ1) is 4.70. The molecule has 0 saturated heterocycles. The van der Waals surface area contributed by atoms with Gasteiger partial charge in [0.2, 0.25) is 0 Å². The Morgan fingerprint density at radius 3 is 2.50 bits per heavy atom. The van der Waals surface area contributed by atoms with E-state index in [2.05, 4.69) is 34.4 Å². The minimum absolute atomic E-state index is 0.192. The lowest BCUT2D eigenvalue weighted by Gasteiger charge is -2.20. The van der Waals surface area contributed by atoms with Crippen molar-refractivity contribution < 1.29 is 5.11 Å². The van der Waals surface area contributed by atoms with Crippen LogP contribution in [0.25, 0.3) is 0 Å². The molecule has 0 aromatic heterocycles. The zero-order chi connectivity index (χ0) is 7.98. The minimum Gasteiger partial charge on any atom is -0.392 e. The number of likely N-dealkylation sites (N-methyl/N-ethyl adjacent to an activating group) is 1. The molecule has 0 aliphatic heterocycles. The fraction of sp³-hybridized carbons (Fsp3) is 1.00. The molecular weight excluding hydrogens is 241 g/mol. The van der Waals surface area contributed by atoms with Crippen molar-refractivity contribution in [3.63, 3.8) is 0 Å². The number of aliphatic hydroxyl groups excluding tert-OH is 1. The van der Waals surface area contributed by atoms with Gasteiger partial charge in [0.1, 0.15) is 0 Å². The van der Waals surface area contributed by atoms with Crippen LogP contribution in [0.2, 0.25) is 0 Å². The van der Waals surface area contributed by atoms with E-state index in [9.17, 15) is 0 Å². The molecule has 0 rings (SSSR count). The molecule has 62 valence electrons. The summed E-state index contributed by atoms with van der Waals surface area (Å²) in [6.45, 7) is 6.87. The molecule has 0 aliphatic carbocycles. The van der Waals surface area contributed by atoms with Gasteiger partial charge in [0.05, 0.1) is 6.10 Å². The average Bonchev–Trinajstić information content (AvgIpc) is 1.86. The van der Waals surface area contributed by atoms with E-state index in [1.54, 1.807) is 0 Å². The molecular formula is C7H16INO. The maximum absolute atomic E-state index is 9.04. The number of aliphatic hydroxyl groups is 1. The Bertz CT molecular complexity index is 78.0. The minimum atomic E-state index is -0.192. The standard InChI is InChI=1S/C7H16INO/c1-3-9(5-4-8)6-7(2)10/h7,10H,3-6H2,1-2H3/t7-/m0/s1. The van der Waals surface area contributed by atoms with Crippen LogP contribution >= 0.6 is 22.6 Å². The smallest absolute Gasteiger partial charge is 0.0639 e. The number of hydrogen-bond acceptors (Lipinski definition) is 2. The number of halogens is 1. The third-order valence-corrected chi connectivity index (χ3v) is 1.85. The van der Waals surface area contributed by atoms with Crippen molar-refractivity contribution in [1.29, 1.82) is 0 Å². The summed E-state index contributed by atoms with van der Waals surface area (Å²) in [5.41, 5.74) is 0. The molecule has 0 spiro atoms. The predicted octanol–water partition coefficient (Wildman–Crippen LogP) is 1.12. The lowest BCUT2D eigenvalue weighted by molar-refractivity contribution is 0.134. The van der Waals surface area contributed by atoms with E-state index in [1.165, 1.54) is 0 Å². The first kappa shape index (κ1) is 10.7. The van der Waals surface area contributed by atoms with Crippen LogP contribution in [-0.2, 0) is 0 Å². The molecule has 1 N–H and O–H groups in total. The second-order valence-electron chi connectivity index (χ2n) is 2.43. The summed E-state index contributed by atoms with van der Waals surface area (Å²) < 4.78 is 1.14. The topological polar surface area (TPSA) is 23.5 Å². The fourth-order valence-corrected chi connectivity index (χ4v) is 1.55. The van der Waals surface area contributed by atoms with Gasteiger partial charge >= 0.3 is 0 Å². The Morgan fingerprint density at radius 1 is 1.60 bits per heavy atom. The van der Waals surface area contributed by atoms with Crippen molar-refractivity contribution in [2.75, 3.05) is 24.1 Å². The second-order valence-corrected chi connectivity index (χ2v) is 3.51. The summed E-state index contributed by atoms with van der Waals surface area (Å²) in [6.07, 6.45) is -0.192. The molecule has 0 bridgehead atoms. The van der Waals surface area contributed by atoms with Crippen molar-refractivity contribution >= 4 is 22.6 Å². The zero-order valence-electron chi connectivity index (χ0n) is 6.68. The van der Waals surface area contributed by atoms with Gasteiger partial charge in [-0.3, -0.25) is 0 Å². The summed E-state index contributed by atoms with van der Waals surface area (Å²) in [6, 6.07) is 0. The molecule has 0 unspecified atom stereocenters. The monoisotopic (exact) mass is 257 g/mol. The van der Waals surface area contributed by atoms with E-state index < -0.39 is 0 Å². The van der Waals surface area contributed by atoms with Crippen LogP contribution in [0.5, 0.6) is 0 Å². The van der Waals surface area contributed by atoms with Gasteiger partial charge in [0.25, 0.3) is 0 Å². The molecule has 10 heavy (non-hydrogen) atoms. The van der Waals surface area contributed by atoms with Crippen LogP contribution in [0.3, 0.4) is 0 Å². The molecule has 0 aromatic carbocycles. The first-order valence-corrected chi connectivity index (χ1v) is 5.19. The van der Waals surface area contributed by atoms with Crippen LogP contribution in [-0.4, -0.2) is 40.2 Å². The molecule has 0 heterocycles. The third-order valence-electron chi connectivity index (χ3n) is 1.37. The molecule has 2 nitrogen and oxygen atoms in total. The van der Waals surface area contributed by atoms with E-state index in [-0.39, 0.29) is 6.10 Å². The number of alkyl halides is 1. The SMILES string of the molecule is CCN(CCI)C[C@H](C)O.